The Labute approximate surface area is 175 Å². The third-order valence-electron chi connectivity index (χ3n) is 4.53. The molecule has 3 amide bonds. The number of hydrogen-bond acceptors (Lipinski definition) is 5. The Bertz CT molecular complexity index is 914. The van der Waals surface area contributed by atoms with E-state index in [2.05, 4.69) is 16.0 Å². The van der Waals surface area contributed by atoms with E-state index < -0.39 is 6.10 Å². The maximum atomic E-state index is 12.6. The number of amides is 3. The lowest BCUT2D eigenvalue weighted by molar-refractivity contribution is -0.128. The van der Waals surface area contributed by atoms with Gasteiger partial charge in [0.1, 0.15) is 5.75 Å². The van der Waals surface area contributed by atoms with Gasteiger partial charge in [0.15, 0.2) is 6.10 Å². The highest BCUT2D eigenvalue weighted by Gasteiger charge is 2.31. The number of rotatable bonds is 7. The van der Waals surface area contributed by atoms with Crippen LogP contribution in [0.5, 0.6) is 5.75 Å². The van der Waals surface area contributed by atoms with Gasteiger partial charge in [-0.15, -0.1) is 0 Å². The van der Waals surface area contributed by atoms with E-state index in [1.807, 2.05) is 30.0 Å². The van der Waals surface area contributed by atoms with Gasteiger partial charge in [0.2, 0.25) is 11.8 Å². The molecule has 8 nitrogen and oxygen atoms in total. The highest BCUT2D eigenvalue weighted by molar-refractivity contribution is 5.95. The number of benzene rings is 2. The van der Waals surface area contributed by atoms with Gasteiger partial charge in [-0.1, -0.05) is 19.1 Å². The van der Waals surface area contributed by atoms with Crippen molar-refractivity contribution in [3.63, 3.8) is 0 Å². The topological polar surface area (TPSA) is 99.8 Å². The van der Waals surface area contributed by atoms with Gasteiger partial charge in [-0.2, -0.15) is 0 Å². The average Bonchev–Trinajstić information content (AvgIpc) is 2.73. The van der Waals surface area contributed by atoms with Crippen molar-refractivity contribution in [3.8, 4) is 5.75 Å². The third kappa shape index (κ3) is 5.50. The van der Waals surface area contributed by atoms with Crippen LogP contribution < -0.4 is 25.6 Å². The van der Waals surface area contributed by atoms with Crippen LogP contribution >= 0.6 is 0 Å². The van der Waals surface area contributed by atoms with E-state index in [4.69, 9.17) is 4.74 Å². The zero-order valence-corrected chi connectivity index (χ0v) is 17.1. The number of carbonyl (C=O) groups is 3. The molecule has 0 aliphatic carbocycles. The van der Waals surface area contributed by atoms with Crippen LogP contribution in [0.2, 0.25) is 0 Å². The van der Waals surface area contributed by atoms with Crippen molar-refractivity contribution in [1.29, 1.82) is 0 Å². The molecule has 0 aromatic heterocycles. The van der Waals surface area contributed by atoms with Crippen LogP contribution in [-0.4, -0.2) is 43.5 Å². The molecule has 0 spiro atoms. The van der Waals surface area contributed by atoms with Crippen molar-refractivity contribution in [3.05, 3.63) is 48.5 Å². The zero-order chi connectivity index (χ0) is 21.5. The molecule has 0 unspecified atom stereocenters. The van der Waals surface area contributed by atoms with Crippen molar-refractivity contribution >= 4 is 34.8 Å². The molecule has 2 aromatic carbocycles. The molecule has 1 heterocycles. The predicted molar refractivity (Wildman–Crippen MR) is 116 cm³/mol. The summed E-state index contributed by atoms with van der Waals surface area (Å²) < 4.78 is 5.85. The van der Waals surface area contributed by atoms with Crippen molar-refractivity contribution in [2.24, 2.45) is 0 Å². The molecule has 0 saturated heterocycles. The molecule has 8 heteroatoms. The standard InChI is InChI=1S/C22H26N4O4/c1-3-12-23-22(29)20-13-26(18-6-4-5-7-19(18)30-20)14-21(28)25-17-10-8-16(9-11-17)24-15(2)27/h4-11,20H,3,12-14H2,1-2H3,(H,23,29)(H,24,27)(H,25,28)/t20-/m1/s1. The second kappa shape index (κ2) is 9.78. The minimum atomic E-state index is -0.684. The lowest BCUT2D eigenvalue weighted by atomic mass is 10.1. The lowest BCUT2D eigenvalue weighted by Gasteiger charge is -2.35. The number of anilines is 3. The first kappa shape index (κ1) is 21.2. The highest BCUT2D eigenvalue weighted by Crippen LogP contribution is 2.33. The zero-order valence-electron chi connectivity index (χ0n) is 17.1. The number of ether oxygens (including phenoxy) is 1. The van der Waals surface area contributed by atoms with Crippen molar-refractivity contribution in [2.45, 2.75) is 26.4 Å². The fourth-order valence-electron chi connectivity index (χ4n) is 3.17. The summed E-state index contributed by atoms with van der Waals surface area (Å²) in [6, 6.07) is 14.2. The average molecular weight is 410 g/mol. The Balaban J connectivity index is 1.67. The quantitative estimate of drug-likeness (QED) is 0.651. The van der Waals surface area contributed by atoms with Crippen LogP contribution in [0.1, 0.15) is 20.3 Å². The maximum absolute atomic E-state index is 12.6. The van der Waals surface area contributed by atoms with Crippen LogP contribution in [0.4, 0.5) is 17.1 Å². The van der Waals surface area contributed by atoms with E-state index in [1.165, 1.54) is 6.92 Å². The lowest BCUT2D eigenvalue weighted by Crippen LogP contribution is -2.50. The van der Waals surface area contributed by atoms with E-state index in [1.54, 1.807) is 30.3 Å². The normalized spacial score (nSPS) is 14.9. The van der Waals surface area contributed by atoms with Crippen LogP contribution in [0.25, 0.3) is 0 Å². The SMILES string of the molecule is CCCNC(=O)[C@H]1CN(CC(=O)Nc2ccc(NC(C)=O)cc2)c2ccccc2O1. The van der Waals surface area contributed by atoms with Crippen LogP contribution in [0.3, 0.4) is 0 Å². The van der Waals surface area contributed by atoms with E-state index in [9.17, 15) is 14.4 Å². The van der Waals surface area contributed by atoms with Crippen molar-refractivity contribution < 1.29 is 19.1 Å². The van der Waals surface area contributed by atoms with Crippen LogP contribution in [0.15, 0.2) is 48.5 Å². The van der Waals surface area contributed by atoms with Crippen LogP contribution in [-0.2, 0) is 14.4 Å². The fourth-order valence-corrected chi connectivity index (χ4v) is 3.17. The van der Waals surface area contributed by atoms with E-state index in [0.29, 0.717) is 23.7 Å². The van der Waals surface area contributed by atoms with Gasteiger partial charge in [-0.05, 0) is 42.8 Å². The molecule has 3 N–H and O–H groups in total. The minimum absolute atomic E-state index is 0.0748. The summed E-state index contributed by atoms with van der Waals surface area (Å²) >= 11 is 0. The second-order valence-electron chi connectivity index (χ2n) is 7.05. The van der Waals surface area contributed by atoms with Crippen molar-refractivity contribution in [1.82, 2.24) is 5.32 Å². The Kier molecular flexibility index (Phi) is 6.90. The van der Waals surface area contributed by atoms with Gasteiger partial charge < -0.3 is 25.6 Å². The number of carbonyl (C=O) groups excluding carboxylic acids is 3. The molecule has 1 aliphatic rings. The van der Waals surface area contributed by atoms with Gasteiger partial charge in [0.25, 0.3) is 5.91 Å². The summed E-state index contributed by atoms with van der Waals surface area (Å²) in [5.41, 5.74) is 2.05. The molecule has 30 heavy (non-hydrogen) atoms. The van der Waals surface area contributed by atoms with Crippen LogP contribution in [0, 0.1) is 0 Å². The number of hydrogen-bond donors (Lipinski definition) is 3. The summed E-state index contributed by atoms with van der Waals surface area (Å²) in [5.74, 6) is 0.0140. The van der Waals surface area contributed by atoms with Gasteiger partial charge in [0, 0.05) is 24.8 Å². The van der Waals surface area contributed by atoms with Gasteiger partial charge in [0.05, 0.1) is 18.8 Å². The largest absolute Gasteiger partial charge is 0.477 e. The second-order valence-corrected chi connectivity index (χ2v) is 7.05. The molecule has 1 atom stereocenters. The van der Waals surface area contributed by atoms with E-state index >= 15 is 0 Å². The summed E-state index contributed by atoms with van der Waals surface area (Å²) in [7, 11) is 0. The minimum Gasteiger partial charge on any atom is -0.477 e. The monoisotopic (exact) mass is 410 g/mol. The molecule has 2 aromatic rings. The molecule has 158 valence electrons. The number of nitrogens with zero attached hydrogens (tertiary/aromatic N) is 1. The third-order valence-corrected chi connectivity index (χ3v) is 4.53. The summed E-state index contributed by atoms with van der Waals surface area (Å²) in [6.45, 7) is 4.35. The number of nitrogens with one attached hydrogen (secondary N) is 3. The molecular formula is C22H26N4O4. The Morgan fingerprint density at radius 1 is 1.03 bits per heavy atom. The van der Waals surface area contributed by atoms with Gasteiger partial charge in [-0.3, -0.25) is 14.4 Å². The molecule has 1 aliphatic heterocycles. The molecule has 0 saturated carbocycles. The molecule has 0 radical (unpaired) electrons. The molecular weight excluding hydrogens is 384 g/mol. The smallest absolute Gasteiger partial charge is 0.262 e. The molecule has 3 rings (SSSR count). The molecule has 0 bridgehead atoms. The fraction of sp³-hybridized carbons (Fsp3) is 0.318. The first-order valence-corrected chi connectivity index (χ1v) is 9.92. The predicted octanol–water partition coefficient (Wildman–Crippen LogP) is 2.38. The van der Waals surface area contributed by atoms with E-state index in [0.717, 1.165) is 12.1 Å². The number of fused-ring (bicyclic) bond motifs is 1. The molecule has 0 fully saturated rings. The summed E-state index contributed by atoms with van der Waals surface area (Å²) in [5, 5.41) is 8.37. The first-order chi connectivity index (χ1) is 14.5. The Morgan fingerprint density at radius 2 is 1.70 bits per heavy atom. The Morgan fingerprint density at radius 3 is 2.37 bits per heavy atom. The summed E-state index contributed by atoms with van der Waals surface area (Å²) in [4.78, 5) is 38.0. The Hall–Kier alpha value is -3.55. The van der Waals surface area contributed by atoms with Crippen molar-refractivity contribution in [2.75, 3.05) is 35.2 Å². The first-order valence-electron chi connectivity index (χ1n) is 9.92. The van der Waals surface area contributed by atoms with Gasteiger partial charge >= 0.3 is 0 Å². The van der Waals surface area contributed by atoms with Gasteiger partial charge in [-0.25, -0.2) is 0 Å². The highest BCUT2D eigenvalue weighted by atomic mass is 16.5. The summed E-state index contributed by atoms with van der Waals surface area (Å²) in [6.07, 6.45) is 0.151. The maximum Gasteiger partial charge on any atom is 0.262 e. The number of para-hydroxylation sites is 2. The van der Waals surface area contributed by atoms with E-state index in [-0.39, 0.29) is 30.8 Å².